The zero-order valence-corrected chi connectivity index (χ0v) is 17.2. The van der Waals surface area contributed by atoms with Crippen molar-refractivity contribution >= 4 is 23.2 Å². The molecule has 0 saturated heterocycles. The van der Waals surface area contributed by atoms with Gasteiger partial charge in [-0.25, -0.2) is 9.97 Å². The maximum absolute atomic E-state index is 13.0. The minimum Gasteiger partial charge on any atom is -0.495 e. The molecule has 0 spiro atoms. The number of aryl methyl sites for hydroxylation is 3. The highest BCUT2D eigenvalue weighted by Gasteiger charge is 2.15. The molecular formula is C23H26N4O2. The Bertz CT molecular complexity index is 995. The number of methoxy groups -OCH3 is 1. The predicted octanol–water partition coefficient (Wildman–Crippen LogP) is 4.91. The summed E-state index contributed by atoms with van der Waals surface area (Å²) in [6.07, 6.45) is 1.68. The second-order valence-corrected chi connectivity index (χ2v) is 6.66. The van der Waals surface area contributed by atoms with Crippen LogP contribution in [0.2, 0.25) is 0 Å². The molecule has 0 fully saturated rings. The zero-order valence-electron chi connectivity index (χ0n) is 17.2. The Morgan fingerprint density at radius 3 is 2.34 bits per heavy atom. The molecule has 3 rings (SSSR count). The second-order valence-electron chi connectivity index (χ2n) is 6.66. The van der Waals surface area contributed by atoms with Gasteiger partial charge in [-0.2, -0.15) is 0 Å². The van der Waals surface area contributed by atoms with Crippen LogP contribution in [0.25, 0.3) is 0 Å². The molecule has 3 aromatic rings. The predicted molar refractivity (Wildman–Crippen MR) is 116 cm³/mol. The number of carbonyl (C=O) groups excluding carboxylic acids is 1. The summed E-state index contributed by atoms with van der Waals surface area (Å²) < 4.78 is 5.36. The normalized spacial score (nSPS) is 10.5. The summed E-state index contributed by atoms with van der Waals surface area (Å²) in [5.41, 5.74) is 4.83. The zero-order chi connectivity index (χ0) is 20.8. The summed E-state index contributed by atoms with van der Waals surface area (Å²) in [5.74, 6) is 0.765. The lowest BCUT2D eigenvalue weighted by Crippen LogP contribution is -2.17. The summed E-state index contributed by atoms with van der Waals surface area (Å²) in [5, 5.41) is 6.20. The monoisotopic (exact) mass is 390 g/mol. The van der Waals surface area contributed by atoms with Gasteiger partial charge in [0, 0.05) is 11.4 Å². The van der Waals surface area contributed by atoms with Crippen molar-refractivity contribution in [1.29, 1.82) is 0 Å². The van der Waals surface area contributed by atoms with Crippen LogP contribution in [0.1, 0.15) is 41.2 Å². The van der Waals surface area contributed by atoms with Crippen LogP contribution in [0.15, 0.2) is 48.5 Å². The first-order chi connectivity index (χ1) is 14.0. The molecule has 150 valence electrons. The molecule has 6 nitrogen and oxygen atoms in total. The number of rotatable bonds is 7. The molecule has 0 aliphatic heterocycles. The fraction of sp³-hybridized carbons (Fsp3) is 0.261. The Balaban J connectivity index is 1.89. The van der Waals surface area contributed by atoms with Crippen molar-refractivity contribution in [3.05, 3.63) is 71.0 Å². The standard InChI is InChI=1S/C23H26N4O2/c1-5-16-10-9-11-17(6-2)21(16)27-22(28)19-14-15(3)24-23(26-19)25-18-12-7-8-13-20(18)29-4/h7-14H,5-6H2,1-4H3,(H,27,28)(H,24,25,26). The fourth-order valence-electron chi connectivity index (χ4n) is 3.19. The number of nitrogens with zero attached hydrogens (tertiary/aromatic N) is 2. The van der Waals surface area contributed by atoms with E-state index < -0.39 is 0 Å². The first-order valence-electron chi connectivity index (χ1n) is 9.73. The summed E-state index contributed by atoms with van der Waals surface area (Å²) in [4.78, 5) is 21.8. The van der Waals surface area contributed by atoms with E-state index in [-0.39, 0.29) is 5.91 Å². The number of amides is 1. The summed E-state index contributed by atoms with van der Waals surface area (Å²) in [6.45, 7) is 5.99. The average molecular weight is 390 g/mol. The fourth-order valence-corrected chi connectivity index (χ4v) is 3.19. The summed E-state index contributed by atoms with van der Waals surface area (Å²) in [7, 11) is 1.60. The van der Waals surface area contributed by atoms with E-state index in [0.29, 0.717) is 23.1 Å². The molecule has 0 saturated carbocycles. The summed E-state index contributed by atoms with van der Waals surface area (Å²) >= 11 is 0. The molecule has 6 heteroatoms. The van der Waals surface area contributed by atoms with Crippen LogP contribution in [0.5, 0.6) is 5.75 Å². The smallest absolute Gasteiger partial charge is 0.274 e. The van der Waals surface area contributed by atoms with Crippen molar-refractivity contribution in [2.45, 2.75) is 33.6 Å². The van der Waals surface area contributed by atoms with Crippen molar-refractivity contribution in [2.75, 3.05) is 17.7 Å². The van der Waals surface area contributed by atoms with Gasteiger partial charge in [0.2, 0.25) is 5.95 Å². The third-order valence-electron chi connectivity index (χ3n) is 4.68. The molecule has 0 atom stereocenters. The lowest BCUT2D eigenvalue weighted by atomic mass is 10.0. The van der Waals surface area contributed by atoms with E-state index in [1.807, 2.05) is 49.4 Å². The second kappa shape index (κ2) is 9.19. The Hall–Kier alpha value is -3.41. The molecule has 0 aliphatic rings. The molecule has 0 aliphatic carbocycles. The highest BCUT2D eigenvalue weighted by molar-refractivity contribution is 6.04. The van der Waals surface area contributed by atoms with E-state index in [0.717, 1.165) is 35.3 Å². The van der Waals surface area contributed by atoms with Gasteiger partial charge in [0.1, 0.15) is 11.4 Å². The largest absolute Gasteiger partial charge is 0.495 e. The number of hydrogen-bond donors (Lipinski definition) is 2. The van der Waals surface area contributed by atoms with Crippen molar-refractivity contribution in [3.63, 3.8) is 0 Å². The van der Waals surface area contributed by atoms with Crippen molar-refractivity contribution in [2.24, 2.45) is 0 Å². The van der Waals surface area contributed by atoms with Gasteiger partial charge in [-0.15, -0.1) is 0 Å². The molecule has 29 heavy (non-hydrogen) atoms. The van der Waals surface area contributed by atoms with Gasteiger partial charge in [-0.05, 0) is 49.1 Å². The highest BCUT2D eigenvalue weighted by Crippen LogP contribution is 2.26. The number of benzene rings is 2. The molecule has 2 N–H and O–H groups in total. The van der Waals surface area contributed by atoms with Gasteiger partial charge < -0.3 is 15.4 Å². The maximum atomic E-state index is 13.0. The lowest BCUT2D eigenvalue weighted by molar-refractivity contribution is 0.102. The van der Waals surface area contributed by atoms with E-state index in [1.54, 1.807) is 13.2 Å². The number of ether oxygens (including phenoxy) is 1. The third kappa shape index (κ3) is 4.71. The van der Waals surface area contributed by atoms with Crippen molar-refractivity contribution in [3.8, 4) is 5.75 Å². The molecule has 0 unspecified atom stereocenters. The number of nitrogens with one attached hydrogen (secondary N) is 2. The van der Waals surface area contributed by atoms with Crippen LogP contribution in [0.4, 0.5) is 17.3 Å². The van der Waals surface area contributed by atoms with Crippen LogP contribution in [-0.4, -0.2) is 23.0 Å². The first-order valence-corrected chi connectivity index (χ1v) is 9.73. The average Bonchev–Trinajstić information content (AvgIpc) is 2.73. The van der Waals surface area contributed by atoms with Crippen LogP contribution in [-0.2, 0) is 12.8 Å². The number of anilines is 3. The van der Waals surface area contributed by atoms with Crippen LogP contribution in [0, 0.1) is 6.92 Å². The topological polar surface area (TPSA) is 76.1 Å². The van der Waals surface area contributed by atoms with E-state index in [9.17, 15) is 4.79 Å². The SMILES string of the molecule is CCc1cccc(CC)c1NC(=O)c1cc(C)nc(Nc2ccccc2OC)n1. The van der Waals surface area contributed by atoms with Crippen molar-refractivity contribution in [1.82, 2.24) is 9.97 Å². The number of carbonyl (C=O) groups is 1. The minimum absolute atomic E-state index is 0.255. The van der Waals surface area contributed by atoms with E-state index in [1.165, 1.54) is 0 Å². The van der Waals surface area contributed by atoms with Gasteiger partial charge in [-0.3, -0.25) is 4.79 Å². The molecule has 1 aromatic heterocycles. The highest BCUT2D eigenvalue weighted by atomic mass is 16.5. The Morgan fingerprint density at radius 1 is 1.00 bits per heavy atom. The van der Waals surface area contributed by atoms with E-state index in [4.69, 9.17) is 4.74 Å². The molecule has 1 heterocycles. The third-order valence-corrected chi connectivity index (χ3v) is 4.68. The van der Waals surface area contributed by atoms with Gasteiger partial charge in [0.05, 0.1) is 12.8 Å². The first kappa shape index (κ1) is 20.3. The van der Waals surface area contributed by atoms with Gasteiger partial charge in [0.15, 0.2) is 0 Å². The minimum atomic E-state index is -0.255. The van der Waals surface area contributed by atoms with Gasteiger partial charge in [-0.1, -0.05) is 44.2 Å². The van der Waals surface area contributed by atoms with Crippen molar-refractivity contribution < 1.29 is 9.53 Å². The van der Waals surface area contributed by atoms with Crippen LogP contribution < -0.4 is 15.4 Å². The quantitative estimate of drug-likeness (QED) is 0.599. The number of para-hydroxylation sites is 3. The van der Waals surface area contributed by atoms with Crippen LogP contribution in [0.3, 0.4) is 0 Å². The Morgan fingerprint density at radius 2 is 1.69 bits per heavy atom. The molecule has 0 bridgehead atoms. The lowest BCUT2D eigenvalue weighted by Gasteiger charge is -2.15. The van der Waals surface area contributed by atoms with Crippen LogP contribution >= 0.6 is 0 Å². The van der Waals surface area contributed by atoms with E-state index in [2.05, 4.69) is 34.4 Å². The Labute approximate surface area is 171 Å². The molecule has 2 aromatic carbocycles. The summed E-state index contributed by atoms with van der Waals surface area (Å²) in [6, 6.07) is 15.3. The van der Waals surface area contributed by atoms with Gasteiger partial charge >= 0.3 is 0 Å². The molecular weight excluding hydrogens is 364 g/mol. The maximum Gasteiger partial charge on any atom is 0.274 e. The Kier molecular flexibility index (Phi) is 6.44. The van der Waals surface area contributed by atoms with Gasteiger partial charge in [0.25, 0.3) is 5.91 Å². The molecule has 0 radical (unpaired) electrons. The van der Waals surface area contributed by atoms with E-state index >= 15 is 0 Å². The molecule has 1 amide bonds. The number of aromatic nitrogens is 2. The number of hydrogen-bond acceptors (Lipinski definition) is 5.